The topological polar surface area (TPSA) is 896 Å². The van der Waals surface area contributed by atoms with E-state index in [1.54, 1.807) is 0 Å². The van der Waals surface area contributed by atoms with E-state index in [0.717, 1.165) is 27.7 Å². The standard InChI is InChI=1S/C71H118N4O53/c1-16-35(88)45(98)49(102)64(113-16)111-14-30-56(42(95)32(61(107)114-30)73-18(3)83)122-62-33(74-19(4)84)43(96)55(27(12-81)118-62)124-68-53(106)59(41(94)28(120-68)13-110-65-52(105)58(40(93)25(10-79)115-65)125-66-50(103)46(99)37(90)23(8-77)116-66)126-69-60(48(101)38(91)24(9-78)117-69)127-63-34(75-20(5)85)44(97)54(26(11-80)119-63)123-67-51(104)47(100)39(92)29(121-67)15-112-71(70(108)109)6-21(86)31(72-17(2)82)57(128-71)36(89)22(87)7-76/h16,21-69,76-81,86-107H,6-15H2,1-5H3,(H,72,82)(H,73,83)(H,74,84)(H,75,85)(H,108,109)/t16-,21-,22+,23+,24+,25+,26+,27+,28+,29+,30+,31+,32+,33+,34+,35+,36+,37+,38+,39-,40+,41+,42+,43+,44+,45+,46-,47-,48-,49-,50-,51+,52-,53-,54+,55+,56+,57+,58-,59-,60-,61+,62-,63-,64+,65-,66+,67-,68-,69+,71+/m0/s1. The number of carbonyl (C=O) groups excluding carboxylic acids is 4. The molecule has 0 radical (unpaired) electrons. The summed E-state index contributed by atoms with van der Waals surface area (Å²) in [6.07, 6.45) is -99.3. The average Bonchev–Trinajstić information content (AvgIpc) is 0.765. The number of carboxylic acid groups (broad SMARTS) is 1. The molecule has 10 fully saturated rings. The second kappa shape index (κ2) is 45.4. The van der Waals surface area contributed by atoms with Crippen molar-refractivity contribution in [2.45, 2.75) is 353 Å². The Kier molecular flexibility index (Phi) is 37.4. The van der Waals surface area contributed by atoms with E-state index in [1.807, 2.05) is 0 Å². The fourth-order valence-electron chi connectivity index (χ4n) is 16.4. The molecule has 740 valence electrons. The summed E-state index contributed by atoms with van der Waals surface area (Å²) >= 11 is 0. The van der Waals surface area contributed by atoms with Gasteiger partial charge in [0.15, 0.2) is 56.6 Å². The van der Waals surface area contributed by atoms with E-state index in [0.29, 0.717) is 0 Å². The third-order valence-electron chi connectivity index (χ3n) is 23.4. The molecule has 0 aliphatic carbocycles. The van der Waals surface area contributed by atoms with Crippen molar-refractivity contribution < 1.29 is 262 Å². The highest BCUT2D eigenvalue weighted by Crippen LogP contribution is 2.42. The lowest BCUT2D eigenvalue weighted by atomic mass is 9.88. The summed E-state index contributed by atoms with van der Waals surface area (Å²) in [5.74, 6) is -8.91. The summed E-state index contributed by atoms with van der Waals surface area (Å²) < 4.78 is 112. The Morgan fingerprint density at radius 3 is 1.17 bits per heavy atom. The van der Waals surface area contributed by atoms with Crippen molar-refractivity contribution in [2.24, 2.45) is 0 Å². The Labute approximate surface area is 723 Å². The Morgan fingerprint density at radius 1 is 0.336 bits per heavy atom. The van der Waals surface area contributed by atoms with E-state index in [-0.39, 0.29) is 0 Å². The molecule has 4 amide bonds. The molecule has 0 aromatic rings. The van der Waals surface area contributed by atoms with Gasteiger partial charge in [-0.25, -0.2) is 4.79 Å². The van der Waals surface area contributed by atoms with Crippen molar-refractivity contribution in [1.29, 1.82) is 0 Å². The number of hydrogen-bond acceptors (Lipinski definition) is 52. The van der Waals surface area contributed by atoms with Crippen LogP contribution in [-0.4, -0.2) is 550 Å². The highest BCUT2D eigenvalue weighted by atomic mass is 16.8. The number of carboxylic acids is 1. The number of aliphatic carboxylic acids is 1. The van der Waals surface area contributed by atoms with Crippen LogP contribution in [0, 0.1) is 0 Å². The molecular formula is C71H118N4O53. The monoisotopic (exact) mass is 1870 g/mol. The van der Waals surface area contributed by atoms with E-state index >= 15 is 0 Å². The average molecular weight is 1880 g/mol. The molecule has 128 heavy (non-hydrogen) atoms. The van der Waals surface area contributed by atoms with Crippen LogP contribution in [0.1, 0.15) is 41.0 Å². The SMILES string of the molecule is CC(=O)N[C@@H]1[C@@H](O)[C@H](O[C@@H]2O[C@H](CO)[C@@H](O[C@@H]3O[C@H](CO[C@H]4O[C@H](CO)[C@@H](O)[C@H](O[C@H]5O[C@H](CO)[C@@H](O)[C@H](O)[C@@H]5O)[C@@H]4O)[C@@H](O)[C@H](O[C@H]4O[C@H](CO)[C@@H](O)[C@H](O)[C@@H]4O[C@@H]4O[C@H](CO)[C@@H](O[C@@H]5O[C@H](CO[C@]6(C(=O)O)C[C@H](O)[C@@H](NC(C)=O)[C@H]([C@H](O)[C@H](O)CO)O6)[C@H](O)[C@H](O)[C@H]5O)[C@H](O)[C@H]4NC(C)=O)[C@@H]3O)[C@H](O)[C@H]2NC(C)=O)[C@@H](CO[C@@H]2O[C@@H](C)[C@@H](O)[C@@H](O)[C@@H]2O)O[C@H]1O. The smallest absolute Gasteiger partial charge is 0.364 e. The minimum atomic E-state index is -3.10. The van der Waals surface area contributed by atoms with Crippen molar-refractivity contribution in [1.82, 2.24) is 21.3 Å². The van der Waals surface area contributed by atoms with E-state index < -0.39 is 408 Å². The minimum Gasteiger partial charge on any atom is -0.477 e. The molecule has 57 nitrogen and oxygen atoms in total. The highest BCUT2D eigenvalue weighted by Gasteiger charge is 2.63. The van der Waals surface area contributed by atoms with E-state index in [1.165, 1.54) is 6.92 Å². The van der Waals surface area contributed by atoms with Crippen LogP contribution in [0.2, 0.25) is 0 Å². The summed E-state index contributed by atoms with van der Waals surface area (Å²) in [5.41, 5.74) is 0. The quantitative estimate of drug-likeness (QED) is 0.0284. The number of carbonyl (C=O) groups is 5. The zero-order valence-electron chi connectivity index (χ0n) is 68.7. The van der Waals surface area contributed by atoms with Crippen LogP contribution in [0.4, 0.5) is 0 Å². The molecule has 33 N–H and O–H groups in total. The Morgan fingerprint density at radius 2 is 0.680 bits per heavy atom. The molecular weight excluding hydrogens is 1760 g/mol. The fraction of sp³-hybridized carbons (Fsp3) is 0.930. The lowest BCUT2D eigenvalue weighted by Crippen LogP contribution is -2.71. The fourth-order valence-corrected chi connectivity index (χ4v) is 16.4. The van der Waals surface area contributed by atoms with Crippen molar-refractivity contribution in [3.8, 4) is 0 Å². The van der Waals surface area contributed by atoms with Crippen LogP contribution in [0.25, 0.3) is 0 Å². The summed E-state index contributed by atoms with van der Waals surface area (Å²) in [5, 5.41) is 332. The van der Waals surface area contributed by atoms with Gasteiger partial charge in [-0.15, -0.1) is 0 Å². The maximum absolute atomic E-state index is 13.2. The zero-order valence-corrected chi connectivity index (χ0v) is 68.7. The van der Waals surface area contributed by atoms with Gasteiger partial charge in [-0.1, -0.05) is 0 Å². The molecule has 51 atom stereocenters. The molecule has 10 heterocycles. The van der Waals surface area contributed by atoms with Gasteiger partial charge >= 0.3 is 5.97 Å². The van der Waals surface area contributed by atoms with Crippen LogP contribution in [0.5, 0.6) is 0 Å². The van der Waals surface area contributed by atoms with Gasteiger partial charge in [-0.2, -0.15) is 0 Å². The molecule has 10 aliphatic rings. The number of nitrogens with one attached hydrogen (secondary N) is 4. The summed E-state index contributed by atoms with van der Waals surface area (Å²) in [7, 11) is 0. The van der Waals surface area contributed by atoms with Crippen LogP contribution >= 0.6 is 0 Å². The maximum atomic E-state index is 13.2. The largest absolute Gasteiger partial charge is 0.477 e. The van der Waals surface area contributed by atoms with Crippen LogP contribution < -0.4 is 21.3 Å². The Balaban J connectivity index is 0.941. The van der Waals surface area contributed by atoms with Crippen LogP contribution in [0.15, 0.2) is 0 Å². The number of aliphatic hydroxyl groups excluding tert-OH is 28. The lowest BCUT2D eigenvalue weighted by Gasteiger charge is -2.51. The van der Waals surface area contributed by atoms with Gasteiger partial charge in [0, 0.05) is 34.1 Å². The molecule has 0 saturated carbocycles. The minimum absolute atomic E-state index is 0.849. The number of rotatable bonds is 34. The van der Waals surface area contributed by atoms with Gasteiger partial charge in [-0.05, 0) is 6.92 Å². The van der Waals surface area contributed by atoms with Crippen molar-refractivity contribution in [3.63, 3.8) is 0 Å². The van der Waals surface area contributed by atoms with Gasteiger partial charge in [-0.3, -0.25) is 19.2 Å². The first kappa shape index (κ1) is 106. The van der Waals surface area contributed by atoms with Crippen LogP contribution in [0.3, 0.4) is 0 Å². The maximum Gasteiger partial charge on any atom is 0.364 e. The van der Waals surface area contributed by atoms with Crippen molar-refractivity contribution in [3.05, 3.63) is 0 Å². The second-order valence-electron chi connectivity index (χ2n) is 32.5. The van der Waals surface area contributed by atoms with Crippen LogP contribution in [-0.2, 0) is 114 Å². The normalized spacial score (nSPS) is 48.4. The second-order valence-corrected chi connectivity index (χ2v) is 32.5. The first-order valence-corrected chi connectivity index (χ1v) is 40.6. The van der Waals surface area contributed by atoms with Crippen molar-refractivity contribution in [2.75, 3.05) is 59.5 Å². The van der Waals surface area contributed by atoms with Gasteiger partial charge < -0.3 is 259 Å². The van der Waals surface area contributed by atoms with Gasteiger partial charge in [0.25, 0.3) is 5.79 Å². The third-order valence-corrected chi connectivity index (χ3v) is 23.4. The van der Waals surface area contributed by atoms with Gasteiger partial charge in [0.05, 0.1) is 77.7 Å². The molecule has 0 spiro atoms. The molecule has 10 rings (SSSR count). The van der Waals surface area contributed by atoms with E-state index in [4.69, 9.17) is 90.0 Å². The predicted molar refractivity (Wildman–Crippen MR) is 392 cm³/mol. The molecule has 0 aromatic carbocycles. The Hall–Kier alpha value is -4.53. The summed E-state index contributed by atoms with van der Waals surface area (Å²) in [6.45, 7) is -5.34. The van der Waals surface area contributed by atoms with Gasteiger partial charge in [0.1, 0.15) is 232 Å². The van der Waals surface area contributed by atoms with Gasteiger partial charge in [0.2, 0.25) is 23.6 Å². The molecule has 0 bridgehead atoms. The van der Waals surface area contributed by atoms with Crippen molar-refractivity contribution >= 4 is 29.6 Å². The molecule has 57 heteroatoms. The number of hydrogen-bond donors (Lipinski definition) is 33. The number of ether oxygens (including phenoxy) is 19. The first-order valence-electron chi connectivity index (χ1n) is 40.6. The predicted octanol–water partition coefficient (Wildman–Crippen LogP) is -22.0. The first-order chi connectivity index (χ1) is 60.3. The molecule has 10 aliphatic heterocycles. The highest BCUT2D eigenvalue weighted by molar-refractivity contribution is 5.77. The zero-order chi connectivity index (χ0) is 94.6. The van der Waals surface area contributed by atoms with E-state index in [9.17, 15) is 172 Å². The number of amides is 4. The summed E-state index contributed by atoms with van der Waals surface area (Å²) in [6, 6.07) is -7.59. The number of aliphatic hydroxyl groups is 28. The Bertz CT molecular complexity index is 3530. The third kappa shape index (κ3) is 23.2. The molecule has 0 unspecified atom stereocenters. The molecule has 0 aromatic heterocycles. The molecule has 10 saturated heterocycles. The summed E-state index contributed by atoms with van der Waals surface area (Å²) in [4.78, 5) is 64.1. The lowest BCUT2D eigenvalue weighted by molar-refractivity contribution is -0.398. The van der Waals surface area contributed by atoms with E-state index in [2.05, 4.69) is 21.3 Å².